The Kier molecular flexibility index (Phi) is 12.7. The number of fused-ring (bicyclic) bond motifs is 2. The van der Waals surface area contributed by atoms with E-state index in [4.69, 9.17) is 11.6 Å². The smallest absolute Gasteiger partial charge is 0.254 e. The molecule has 3 aromatic rings. The quantitative estimate of drug-likeness (QED) is 0.348. The highest BCUT2D eigenvalue weighted by molar-refractivity contribution is 6.30. The van der Waals surface area contributed by atoms with Crippen LogP contribution in [0.1, 0.15) is 67.6 Å². The molecule has 0 radical (unpaired) electrons. The van der Waals surface area contributed by atoms with Gasteiger partial charge < -0.3 is 29.9 Å². The number of hydrogen-bond acceptors (Lipinski definition) is 7. The van der Waals surface area contributed by atoms with Crippen molar-refractivity contribution in [2.45, 2.75) is 83.5 Å². The zero-order valence-corrected chi connectivity index (χ0v) is 28.2. The number of likely N-dealkylation sites (tertiary alicyclic amines) is 1. The molecule has 1 aromatic carbocycles. The van der Waals surface area contributed by atoms with Gasteiger partial charge in [0.15, 0.2) is 0 Å². The average Bonchev–Trinajstić information content (AvgIpc) is 3.38. The zero-order valence-electron chi connectivity index (χ0n) is 27.4. The average molecular weight is 653 g/mol. The summed E-state index contributed by atoms with van der Waals surface area (Å²) in [5.41, 5.74) is 4.29. The fourth-order valence-electron chi connectivity index (χ4n) is 6.29. The van der Waals surface area contributed by atoms with Crippen LogP contribution in [0.3, 0.4) is 0 Å². The predicted molar refractivity (Wildman–Crippen MR) is 180 cm³/mol. The molecule has 11 heteroatoms. The summed E-state index contributed by atoms with van der Waals surface area (Å²) in [6.45, 7) is 10.3. The van der Waals surface area contributed by atoms with Gasteiger partial charge >= 0.3 is 0 Å². The van der Waals surface area contributed by atoms with Crippen LogP contribution in [0.2, 0.25) is 5.02 Å². The van der Waals surface area contributed by atoms with Gasteiger partial charge in [0.2, 0.25) is 6.41 Å². The van der Waals surface area contributed by atoms with Gasteiger partial charge in [-0.15, -0.1) is 0 Å². The highest BCUT2D eigenvalue weighted by Gasteiger charge is 2.36. The number of aryl methyl sites for hydroxylation is 3. The van der Waals surface area contributed by atoms with Crippen molar-refractivity contribution in [2.24, 2.45) is 0 Å². The first-order valence-electron chi connectivity index (χ1n) is 16.4. The number of piperidine rings is 1. The van der Waals surface area contributed by atoms with Gasteiger partial charge in [0, 0.05) is 62.3 Å². The second kappa shape index (κ2) is 16.5. The van der Waals surface area contributed by atoms with E-state index in [1.165, 1.54) is 22.4 Å². The van der Waals surface area contributed by atoms with Crippen molar-refractivity contribution >= 4 is 23.9 Å². The third-order valence-corrected chi connectivity index (χ3v) is 9.35. The van der Waals surface area contributed by atoms with Gasteiger partial charge in [-0.05, 0) is 80.3 Å². The molecule has 250 valence electrons. The number of carbonyl (C=O) groups is 2. The number of aliphatic hydroxyl groups is 2. The molecule has 1 unspecified atom stereocenters. The highest BCUT2D eigenvalue weighted by atomic mass is 35.5. The molecule has 0 spiro atoms. The topological polar surface area (TPSA) is 124 Å². The second-order valence-corrected chi connectivity index (χ2v) is 13.0. The normalized spacial score (nSPS) is 19.3. The van der Waals surface area contributed by atoms with E-state index in [1.807, 2.05) is 49.9 Å². The maximum absolute atomic E-state index is 11.9. The van der Waals surface area contributed by atoms with E-state index in [2.05, 4.69) is 33.5 Å². The number of nitrogens with zero attached hydrogens (tertiary/aromatic N) is 5. The van der Waals surface area contributed by atoms with Crippen LogP contribution in [0.15, 0.2) is 49.1 Å². The number of piperazine rings is 1. The maximum atomic E-state index is 11.9. The zero-order chi connectivity index (χ0) is 33.2. The van der Waals surface area contributed by atoms with Crippen LogP contribution in [-0.4, -0.2) is 97.3 Å². The third-order valence-electron chi connectivity index (χ3n) is 9.12. The molecule has 2 saturated heterocycles. The molecule has 2 aliphatic heterocycles. The number of benzene rings is 1. The number of hydrogen-bond donors (Lipinski definition) is 3. The van der Waals surface area contributed by atoms with Crippen LogP contribution in [0, 0.1) is 6.92 Å². The van der Waals surface area contributed by atoms with Gasteiger partial charge in [-0.3, -0.25) is 14.6 Å². The largest absolute Gasteiger partial charge is 0.386 e. The monoisotopic (exact) mass is 652 g/mol. The number of nitrogens with one attached hydrogen (secondary N) is 1. The lowest BCUT2D eigenvalue weighted by Crippen LogP contribution is -2.54. The Morgan fingerprint density at radius 1 is 1.09 bits per heavy atom. The van der Waals surface area contributed by atoms with Crippen LogP contribution in [-0.2, 0) is 35.4 Å². The standard InChI is InChI=1S/C14H12ClN.C11H17N3O2.C10H20N2O2/c15-13-6-5-12-9-14-10(2-1-7-16-14)3-4-11(12)8-13;1-10-5-14(8-12-10)7-11(16)3-2-4-13(6-11)9-15;1-3-10(14,4-2)9(13)12-7-5-11-6-8-12/h1-2,5-8H,3-4,9H2;5,8-9,16H,2-4,6-7H2,1H3;11,14H,3-8H2,1-2H3. The van der Waals surface area contributed by atoms with Crippen LogP contribution < -0.4 is 5.32 Å². The van der Waals surface area contributed by atoms with Gasteiger partial charge in [-0.25, -0.2) is 4.98 Å². The number of carbonyl (C=O) groups excluding carboxylic acids is 2. The van der Waals surface area contributed by atoms with Crippen LogP contribution in [0.4, 0.5) is 0 Å². The Balaban J connectivity index is 0.000000157. The van der Waals surface area contributed by atoms with Gasteiger partial charge in [-0.2, -0.15) is 0 Å². The second-order valence-electron chi connectivity index (χ2n) is 12.6. The van der Waals surface area contributed by atoms with Crippen LogP contribution >= 0.6 is 11.6 Å². The molecule has 0 saturated carbocycles. The van der Waals surface area contributed by atoms with E-state index in [0.717, 1.165) is 68.9 Å². The third kappa shape index (κ3) is 9.61. The maximum Gasteiger partial charge on any atom is 0.254 e. The lowest BCUT2D eigenvalue weighted by molar-refractivity contribution is -0.152. The predicted octanol–water partition coefficient (Wildman–Crippen LogP) is 3.57. The summed E-state index contributed by atoms with van der Waals surface area (Å²) in [5.74, 6) is -0.107. The van der Waals surface area contributed by atoms with E-state index in [0.29, 0.717) is 39.0 Å². The Morgan fingerprint density at radius 2 is 1.83 bits per heavy atom. The summed E-state index contributed by atoms with van der Waals surface area (Å²) in [6.07, 6.45) is 11.9. The van der Waals surface area contributed by atoms with E-state index in [9.17, 15) is 19.8 Å². The molecule has 10 nitrogen and oxygen atoms in total. The van der Waals surface area contributed by atoms with E-state index in [-0.39, 0.29) is 5.91 Å². The van der Waals surface area contributed by atoms with Gasteiger partial charge in [0.25, 0.3) is 5.91 Å². The molecule has 2 aromatic heterocycles. The number of imidazole rings is 1. The number of pyridine rings is 1. The van der Waals surface area contributed by atoms with E-state index < -0.39 is 11.2 Å². The van der Waals surface area contributed by atoms with Crippen molar-refractivity contribution in [3.05, 3.63) is 82.2 Å². The Labute approximate surface area is 277 Å². The van der Waals surface area contributed by atoms with Crippen LogP contribution in [0.5, 0.6) is 0 Å². The molecule has 3 aliphatic rings. The van der Waals surface area contributed by atoms with Crippen molar-refractivity contribution in [1.29, 1.82) is 0 Å². The van der Waals surface area contributed by atoms with Gasteiger partial charge in [0.05, 0.1) is 25.1 Å². The molecule has 6 rings (SSSR count). The molecule has 46 heavy (non-hydrogen) atoms. The fourth-order valence-corrected chi connectivity index (χ4v) is 6.48. The van der Waals surface area contributed by atoms with Crippen molar-refractivity contribution in [3.63, 3.8) is 0 Å². The van der Waals surface area contributed by atoms with Crippen molar-refractivity contribution < 1.29 is 19.8 Å². The highest BCUT2D eigenvalue weighted by Crippen LogP contribution is 2.25. The minimum Gasteiger partial charge on any atom is -0.386 e. The van der Waals surface area contributed by atoms with Gasteiger partial charge in [-0.1, -0.05) is 37.6 Å². The Morgan fingerprint density at radius 3 is 2.50 bits per heavy atom. The SMILES string of the molecule is CCC(O)(CC)C(=O)N1CCNCC1.Cc1cn(CC2(O)CCCN(C=O)C2)cn1.Clc1ccc2c(c1)CCc1cccnc1C2. The van der Waals surface area contributed by atoms with Crippen molar-refractivity contribution in [1.82, 2.24) is 29.7 Å². The number of rotatable bonds is 6. The summed E-state index contributed by atoms with van der Waals surface area (Å²) in [4.78, 5) is 34.6. The first-order valence-corrected chi connectivity index (χ1v) is 16.8. The molecule has 1 aliphatic carbocycles. The van der Waals surface area contributed by atoms with Crippen LogP contribution in [0.25, 0.3) is 0 Å². The minimum atomic E-state index is -1.14. The molecular formula is C35H49ClN6O4. The summed E-state index contributed by atoms with van der Waals surface area (Å²) in [7, 11) is 0. The van der Waals surface area contributed by atoms with Crippen molar-refractivity contribution in [3.8, 4) is 0 Å². The molecule has 2 fully saturated rings. The molecule has 0 bridgehead atoms. The van der Waals surface area contributed by atoms with E-state index in [1.54, 1.807) is 16.1 Å². The summed E-state index contributed by atoms with van der Waals surface area (Å²) in [6, 6.07) is 10.4. The van der Waals surface area contributed by atoms with E-state index >= 15 is 0 Å². The molecule has 1 atom stereocenters. The lowest BCUT2D eigenvalue weighted by atomic mass is 9.93. The van der Waals surface area contributed by atoms with Gasteiger partial charge in [0.1, 0.15) is 11.2 Å². The number of β-amino-alcohol motifs (C(OH)–C–C–N with tert-alkyl or cyclic N) is 1. The summed E-state index contributed by atoms with van der Waals surface area (Å²) in [5, 5.41) is 24.4. The summed E-state index contributed by atoms with van der Waals surface area (Å²) >= 11 is 6.03. The fraction of sp³-hybridized carbons (Fsp3) is 0.543. The molecule has 2 amide bonds. The molecule has 3 N–H and O–H groups in total. The first kappa shape index (κ1) is 35.5. The minimum absolute atomic E-state index is 0.107. The van der Waals surface area contributed by atoms with Crippen molar-refractivity contribution in [2.75, 3.05) is 39.3 Å². The Bertz CT molecular complexity index is 1440. The number of halogens is 1. The number of aromatic nitrogens is 3. The molecular weight excluding hydrogens is 604 g/mol. The number of amides is 2. The Hall–Kier alpha value is -3.31. The first-order chi connectivity index (χ1) is 22.1. The summed E-state index contributed by atoms with van der Waals surface area (Å²) < 4.78 is 1.88. The molecule has 4 heterocycles. The lowest BCUT2D eigenvalue weighted by Gasteiger charge is -2.37.